The maximum Gasteiger partial charge on any atom is 0.278 e. The van der Waals surface area contributed by atoms with Crippen LogP contribution in [0.4, 0.5) is 5.69 Å². The Morgan fingerprint density at radius 1 is 1.43 bits per heavy atom. The number of aliphatic hydroxyl groups excluding tert-OH is 1. The zero-order chi connectivity index (χ0) is 14.8. The zero-order valence-corrected chi connectivity index (χ0v) is 12.1. The molecule has 6 nitrogen and oxygen atoms in total. The van der Waals surface area contributed by atoms with Gasteiger partial charge >= 0.3 is 0 Å². The maximum atomic E-state index is 12.6. The number of β-amino-alcohol motifs (C(OH)–C–C–N with tert-alkyl or cyclic N) is 1. The Hall–Kier alpha value is -1.66. The number of aliphatic hydroxyl groups is 1. The van der Waals surface area contributed by atoms with E-state index < -0.39 is 0 Å². The van der Waals surface area contributed by atoms with Crippen molar-refractivity contribution in [1.29, 1.82) is 0 Å². The monoisotopic (exact) mass is 291 g/mol. The molecule has 0 aromatic carbocycles. The van der Waals surface area contributed by atoms with Gasteiger partial charge in [0.05, 0.1) is 23.6 Å². The van der Waals surface area contributed by atoms with Crippen LogP contribution in [-0.4, -0.2) is 40.7 Å². The van der Waals surface area contributed by atoms with Gasteiger partial charge in [0.25, 0.3) is 5.56 Å². The lowest BCUT2D eigenvalue weighted by atomic mass is 10.2. The van der Waals surface area contributed by atoms with E-state index in [1.165, 1.54) is 4.68 Å². The number of rotatable bonds is 3. The molecule has 1 N–H and O–H groups in total. The van der Waals surface area contributed by atoms with Gasteiger partial charge in [0, 0.05) is 19.7 Å². The molecule has 3 rings (SSSR count). The quantitative estimate of drug-likeness (QED) is 0.905. The molecule has 0 aliphatic carbocycles. The predicted octanol–water partition coefficient (Wildman–Crippen LogP) is 1.16. The number of ether oxygens (including phenoxy) is 1. The fraction of sp³-hybridized carbons (Fsp3) is 0.600. The molecule has 0 spiro atoms. The van der Waals surface area contributed by atoms with Crippen LogP contribution in [0.5, 0.6) is 0 Å². The lowest BCUT2D eigenvalue weighted by Gasteiger charge is -2.25. The summed E-state index contributed by atoms with van der Waals surface area (Å²) in [6, 6.07) is 0. The highest BCUT2D eigenvalue weighted by molar-refractivity contribution is 5.65. The summed E-state index contributed by atoms with van der Waals surface area (Å²) in [7, 11) is 0. The summed E-state index contributed by atoms with van der Waals surface area (Å²) in [5, 5.41) is 13.9. The van der Waals surface area contributed by atoms with Crippen molar-refractivity contribution in [3.8, 4) is 0 Å². The second-order valence-electron chi connectivity index (χ2n) is 5.61. The van der Waals surface area contributed by atoms with Crippen LogP contribution in [-0.2, 0) is 4.74 Å². The zero-order valence-electron chi connectivity index (χ0n) is 12.1. The lowest BCUT2D eigenvalue weighted by Crippen LogP contribution is -2.34. The third kappa shape index (κ3) is 2.73. The molecule has 0 bridgehead atoms. The van der Waals surface area contributed by atoms with E-state index in [0.29, 0.717) is 25.1 Å². The molecular formula is C15H21N3O3. The fourth-order valence-electron chi connectivity index (χ4n) is 3.00. The second-order valence-corrected chi connectivity index (χ2v) is 5.61. The fourth-order valence-corrected chi connectivity index (χ4v) is 3.00. The first kappa shape index (κ1) is 14.3. The van der Waals surface area contributed by atoms with Crippen LogP contribution in [0.2, 0.25) is 0 Å². The lowest BCUT2D eigenvalue weighted by molar-refractivity contribution is -0.0424. The summed E-state index contributed by atoms with van der Waals surface area (Å²) in [6.45, 7) is 5.69. The highest BCUT2D eigenvalue weighted by Gasteiger charge is 2.25. The summed E-state index contributed by atoms with van der Waals surface area (Å²) in [4.78, 5) is 14.6. The van der Waals surface area contributed by atoms with Crippen molar-refractivity contribution in [3.63, 3.8) is 0 Å². The van der Waals surface area contributed by atoms with Gasteiger partial charge < -0.3 is 14.7 Å². The summed E-state index contributed by atoms with van der Waals surface area (Å²) in [5.74, 6) is 0. The Morgan fingerprint density at radius 2 is 2.29 bits per heavy atom. The molecular weight excluding hydrogens is 270 g/mol. The molecule has 2 aliphatic rings. The Morgan fingerprint density at radius 3 is 2.90 bits per heavy atom. The molecule has 114 valence electrons. The second kappa shape index (κ2) is 5.99. The van der Waals surface area contributed by atoms with Gasteiger partial charge in [-0.3, -0.25) is 4.79 Å². The van der Waals surface area contributed by atoms with Gasteiger partial charge in [-0.15, -0.1) is 0 Å². The predicted molar refractivity (Wildman–Crippen MR) is 80.3 cm³/mol. The van der Waals surface area contributed by atoms with E-state index in [1.807, 2.05) is 4.90 Å². The number of anilines is 1. The van der Waals surface area contributed by atoms with Crippen molar-refractivity contribution in [2.24, 2.45) is 0 Å². The average molecular weight is 291 g/mol. The van der Waals surface area contributed by atoms with Gasteiger partial charge in [0.15, 0.2) is 6.23 Å². The summed E-state index contributed by atoms with van der Waals surface area (Å²) in [6.07, 6.45) is 6.25. The molecule has 6 heteroatoms. The van der Waals surface area contributed by atoms with E-state index in [1.54, 1.807) is 12.3 Å². The minimum absolute atomic E-state index is 0.171. The van der Waals surface area contributed by atoms with Gasteiger partial charge in [-0.25, -0.2) is 4.68 Å². The maximum absolute atomic E-state index is 12.6. The summed E-state index contributed by atoms with van der Waals surface area (Å²) < 4.78 is 7.06. The number of hydrogen-bond donors (Lipinski definition) is 1. The normalized spacial score (nSPS) is 26.0. The van der Waals surface area contributed by atoms with E-state index >= 15 is 0 Å². The smallest absolute Gasteiger partial charge is 0.278 e. The summed E-state index contributed by atoms with van der Waals surface area (Å²) >= 11 is 0. The van der Waals surface area contributed by atoms with Crippen molar-refractivity contribution < 1.29 is 9.84 Å². The molecule has 2 saturated heterocycles. The van der Waals surface area contributed by atoms with Crippen LogP contribution in [0.1, 0.15) is 37.5 Å². The van der Waals surface area contributed by atoms with E-state index in [9.17, 15) is 9.90 Å². The minimum atomic E-state index is -0.341. The molecule has 2 aliphatic heterocycles. The molecule has 1 aromatic rings. The summed E-state index contributed by atoms with van der Waals surface area (Å²) in [5.41, 5.74) is 1.11. The molecule has 0 radical (unpaired) electrons. The third-order valence-corrected chi connectivity index (χ3v) is 4.16. The van der Waals surface area contributed by atoms with Gasteiger partial charge in [0.1, 0.15) is 0 Å². The molecule has 2 atom stereocenters. The van der Waals surface area contributed by atoms with Crippen molar-refractivity contribution in [1.82, 2.24) is 9.78 Å². The van der Waals surface area contributed by atoms with Crippen molar-refractivity contribution in [3.05, 3.63) is 28.7 Å². The SMILES string of the molecule is C=Cc1c(N2CC[C@@H](O)C2)cnn(C2CCCCO2)c1=O. The Balaban J connectivity index is 1.95. The van der Waals surface area contributed by atoms with Gasteiger partial charge in [-0.05, 0) is 25.7 Å². The van der Waals surface area contributed by atoms with Crippen molar-refractivity contribution in [2.75, 3.05) is 24.6 Å². The van der Waals surface area contributed by atoms with Crippen LogP contribution in [0.3, 0.4) is 0 Å². The Kier molecular flexibility index (Phi) is 4.07. The third-order valence-electron chi connectivity index (χ3n) is 4.16. The Labute approximate surface area is 123 Å². The van der Waals surface area contributed by atoms with Crippen LogP contribution in [0.15, 0.2) is 17.6 Å². The van der Waals surface area contributed by atoms with Crippen LogP contribution in [0.25, 0.3) is 6.08 Å². The molecule has 1 unspecified atom stereocenters. The van der Waals surface area contributed by atoms with Gasteiger partial charge in [0.2, 0.25) is 0 Å². The standard InChI is InChI=1S/C15H21N3O3/c1-2-12-13(17-7-6-11(19)10-17)9-16-18(15(12)20)14-5-3-4-8-21-14/h2,9,11,14,19H,1,3-8,10H2/t11-,14?/m1/s1. The largest absolute Gasteiger partial charge is 0.391 e. The molecule has 21 heavy (non-hydrogen) atoms. The van der Waals surface area contributed by atoms with E-state index in [2.05, 4.69) is 11.7 Å². The van der Waals surface area contributed by atoms with Gasteiger partial charge in [-0.1, -0.05) is 12.7 Å². The van der Waals surface area contributed by atoms with E-state index in [-0.39, 0.29) is 17.9 Å². The van der Waals surface area contributed by atoms with Crippen LogP contribution in [0, 0.1) is 0 Å². The number of nitrogens with zero attached hydrogens (tertiary/aromatic N) is 3. The first-order chi connectivity index (χ1) is 10.2. The molecule has 2 fully saturated rings. The van der Waals surface area contributed by atoms with Crippen molar-refractivity contribution >= 4 is 11.8 Å². The van der Waals surface area contributed by atoms with E-state index in [4.69, 9.17) is 4.74 Å². The Bertz CT molecular complexity index is 578. The van der Waals surface area contributed by atoms with E-state index in [0.717, 1.165) is 31.5 Å². The highest BCUT2D eigenvalue weighted by Crippen LogP contribution is 2.25. The highest BCUT2D eigenvalue weighted by atomic mass is 16.5. The van der Waals surface area contributed by atoms with Crippen molar-refractivity contribution in [2.45, 2.75) is 38.0 Å². The van der Waals surface area contributed by atoms with Crippen LogP contribution >= 0.6 is 0 Å². The van der Waals surface area contributed by atoms with Crippen LogP contribution < -0.4 is 10.5 Å². The minimum Gasteiger partial charge on any atom is -0.391 e. The average Bonchev–Trinajstić information content (AvgIpc) is 2.94. The first-order valence-corrected chi connectivity index (χ1v) is 7.49. The first-order valence-electron chi connectivity index (χ1n) is 7.49. The molecule has 1 aromatic heterocycles. The topological polar surface area (TPSA) is 67.6 Å². The molecule has 3 heterocycles. The number of aromatic nitrogens is 2. The van der Waals surface area contributed by atoms with Gasteiger partial charge in [-0.2, -0.15) is 5.10 Å². The molecule has 0 amide bonds. The molecule has 0 saturated carbocycles. The number of hydrogen-bond acceptors (Lipinski definition) is 5.